The van der Waals surface area contributed by atoms with Crippen molar-refractivity contribution in [2.75, 3.05) is 42.9 Å². The summed E-state index contributed by atoms with van der Waals surface area (Å²) in [5.74, 6) is 0.400. The SMILES string of the molecule is CCC(=O)N(c1ccccc1)C1CCN(CCc2ccccc2)CC1.CCCCN1CCCCC1C(=O)Nc1c(C)cccc1C.Cl.O. The highest BCUT2D eigenvalue weighted by Crippen LogP contribution is 2.25. The Morgan fingerprint density at radius 1 is 0.792 bits per heavy atom. The number of hydrogen-bond acceptors (Lipinski definition) is 4. The van der Waals surface area contributed by atoms with Gasteiger partial charge in [0.15, 0.2) is 0 Å². The molecule has 2 aliphatic heterocycles. The summed E-state index contributed by atoms with van der Waals surface area (Å²) in [7, 11) is 0. The van der Waals surface area contributed by atoms with E-state index in [2.05, 4.69) is 90.5 Å². The van der Waals surface area contributed by atoms with Crippen LogP contribution >= 0.6 is 12.4 Å². The number of rotatable bonds is 11. The normalized spacial score (nSPS) is 16.8. The summed E-state index contributed by atoms with van der Waals surface area (Å²) in [6, 6.07) is 27.3. The van der Waals surface area contributed by atoms with Gasteiger partial charge in [0, 0.05) is 43.5 Å². The van der Waals surface area contributed by atoms with Crippen molar-refractivity contribution in [2.24, 2.45) is 0 Å². The molecular weight excluding hydrogens is 620 g/mol. The van der Waals surface area contributed by atoms with Crippen LogP contribution in [0.5, 0.6) is 0 Å². The van der Waals surface area contributed by atoms with Crippen LogP contribution < -0.4 is 10.2 Å². The molecule has 0 bridgehead atoms. The van der Waals surface area contributed by atoms with Crippen LogP contribution in [-0.2, 0) is 16.0 Å². The molecule has 3 aromatic carbocycles. The zero-order chi connectivity index (χ0) is 32.7. The molecule has 0 spiro atoms. The van der Waals surface area contributed by atoms with E-state index in [1.54, 1.807) is 0 Å². The van der Waals surface area contributed by atoms with Gasteiger partial charge in [-0.25, -0.2) is 0 Å². The molecule has 48 heavy (non-hydrogen) atoms. The lowest BCUT2D eigenvalue weighted by molar-refractivity contribution is -0.122. The van der Waals surface area contributed by atoms with Crippen molar-refractivity contribution in [3.8, 4) is 0 Å². The first-order chi connectivity index (χ1) is 22.4. The second-order valence-electron chi connectivity index (χ2n) is 12.9. The largest absolute Gasteiger partial charge is 0.412 e. The number of hydrogen-bond donors (Lipinski definition) is 1. The number of amides is 2. The molecule has 8 heteroatoms. The van der Waals surface area contributed by atoms with Crippen LogP contribution in [0.3, 0.4) is 0 Å². The zero-order valence-corrected chi connectivity index (χ0v) is 30.4. The summed E-state index contributed by atoms with van der Waals surface area (Å²) in [5.41, 5.74) is 5.70. The summed E-state index contributed by atoms with van der Waals surface area (Å²) in [6.45, 7) is 13.6. The van der Waals surface area contributed by atoms with E-state index >= 15 is 0 Å². The van der Waals surface area contributed by atoms with Gasteiger partial charge in [0.25, 0.3) is 0 Å². The standard InChI is InChI=1S/C22H28N2O.C18H28N2O.ClH.H2O/c1-2-22(25)24(20-11-7-4-8-12-20)21-14-17-23(18-15-21)16-13-19-9-5-3-6-10-19;1-4-5-12-20-13-7-6-11-16(20)18(21)19-17-14(2)9-8-10-15(17)3;;/h3-12,21H,2,13-18H2,1H3;8-10,16H,4-7,11-13H2,1-3H3,(H,19,21);1H;1H2. The Bertz CT molecular complexity index is 1330. The third-order valence-electron chi connectivity index (χ3n) is 9.53. The van der Waals surface area contributed by atoms with Gasteiger partial charge in [0.2, 0.25) is 11.8 Å². The van der Waals surface area contributed by atoms with Crippen LogP contribution in [0, 0.1) is 13.8 Å². The number of carbonyl (C=O) groups is 2. The average molecular weight is 679 g/mol. The highest BCUT2D eigenvalue weighted by atomic mass is 35.5. The number of likely N-dealkylation sites (tertiary alicyclic amines) is 2. The van der Waals surface area contributed by atoms with E-state index in [0.717, 1.165) is 87.3 Å². The Kier molecular flexibility index (Phi) is 18.5. The lowest BCUT2D eigenvalue weighted by Crippen LogP contribution is -2.47. The van der Waals surface area contributed by atoms with Gasteiger partial charge < -0.3 is 20.6 Å². The van der Waals surface area contributed by atoms with Crippen molar-refractivity contribution in [3.05, 3.63) is 95.6 Å². The van der Waals surface area contributed by atoms with Crippen LogP contribution in [0.1, 0.15) is 81.9 Å². The van der Waals surface area contributed by atoms with E-state index in [1.807, 2.05) is 36.1 Å². The van der Waals surface area contributed by atoms with E-state index in [1.165, 1.54) is 24.8 Å². The average Bonchev–Trinajstić information content (AvgIpc) is 3.10. The lowest BCUT2D eigenvalue weighted by Gasteiger charge is -2.38. The van der Waals surface area contributed by atoms with Gasteiger partial charge in [-0.05, 0) is 94.3 Å². The summed E-state index contributed by atoms with van der Waals surface area (Å²) >= 11 is 0. The van der Waals surface area contributed by atoms with Crippen LogP contribution in [0.2, 0.25) is 0 Å². The zero-order valence-electron chi connectivity index (χ0n) is 29.6. The number of nitrogens with one attached hydrogen (secondary N) is 1. The Morgan fingerprint density at radius 2 is 1.42 bits per heavy atom. The lowest BCUT2D eigenvalue weighted by atomic mass is 10.00. The minimum Gasteiger partial charge on any atom is -0.412 e. The molecule has 1 atom stereocenters. The molecule has 3 N–H and O–H groups in total. The summed E-state index contributed by atoms with van der Waals surface area (Å²) in [6.07, 6.45) is 9.48. The van der Waals surface area contributed by atoms with Gasteiger partial charge in [-0.15, -0.1) is 12.4 Å². The van der Waals surface area contributed by atoms with E-state index in [0.29, 0.717) is 12.5 Å². The number of para-hydroxylation sites is 2. The molecule has 2 fully saturated rings. The summed E-state index contributed by atoms with van der Waals surface area (Å²) in [5, 5.41) is 3.17. The second kappa shape index (κ2) is 21.7. The maximum Gasteiger partial charge on any atom is 0.241 e. The Labute approximate surface area is 295 Å². The molecule has 2 heterocycles. The molecule has 0 saturated carbocycles. The van der Waals surface area contributed by atoms with Crippen molar-refractivity contribution < 1.29 is 15.1 Å². The number of carbonyl (C=O) groups excluding carboxylic acids is 2. The molecule has 264 valence electrons. The molecule has 2 aliphatic rings. The van der Waals surface area contributed by atoms with E-state index in [4.69, 9.17) is 0 Å². The molecule has 5 rings (SSSR count). The van der Waals surface area contributed by atoms with Crippen LogP contribution in [0.25, 0.3) is 0 Å². The summed E-state index contributed by atoms with van der Waals surface area (Å²) < 4.78 is 0. The quantitative estimate of drug-likeness (QED) is 0.226. The maximum atomic E-state index is 12.7. The Hall–Kier alpha value is -3.23. The Morgan fingerprint density at radius 3 is 2.02 bits per heavy atom. The molecule has 7 nitrogen and oxygen atoms in total. The van der Waals surface area contributed by atoms with Gasteiger partial charge in [0.1, 0.15) is 0 Å². The predicted molar refractivity (Wildman–Crippen MR) is 203 cm³/mol. The smallest absolute Gasteiger partial charge is 0.241 e. The van der Waals surface area contributed by atoms with Gasteiger partial charge in [0.05, 0.1) is 6.04 Å². The van der Waals surface area contributed by atoms with E-state index in [9.17, 15) is 9.59 Å². The van der Waals surface area contributed by atoms with Crippen LogP contribution in [0.4, 0.5) is 11.4 Å². The first kappa shape index (κ1) is 40.9. The first-order valence-electron chi connectivity index (χ1n) is 17.7. The highest BCUT2D eigenvalue weighted by molar-refractivity contribution is 5.96. The fourth-order valence-corrected chi connectivity index (χ4v) is 6.79. The molecule has 0 aliphatic carbocycles. The molecule has 2 amide bonds. The fourth-order valence-electron chi connectivity index (χ4n) is 6.79. The first-order valence-corrected chi connectivity index (χ1v) is 17.7. The van der Waals surface area contributed by atoms with Crippen LogP contribution in [-0.4, -0.2) is 71.9 Å². The molecule has 3 aromatic rings. The second-order valence-corrected chi connectivity index (χ2v) is 12.9. The topological polar surface area (TPSA) is 87.4 Å². The van der Waals surface area contributed by atoms with Crippen molar-refractivity contribution >= 4 is 35.6 Å². The predicted octanol–water partition coefficient (Wildman–Crippen LogP) is 7.63. The van der Waals surface area contributed by atoms with Crippen LogP contribution in [0.15, 0.2) is 78.9 Å². The monoisotopic (exact) mass is 678 g/mol. The van der Waals surface area contributed by atoms with Gasteiger partial charge in [-0.1, -0.05) is 93.4 Å². The van der Waals surface area contributed by atoms with Gasteiger partial charge in [-0.2, -0.15) is 0 Å². The van der Waals surface area contributed by atoms with E-state index in [-0.39, 0.29) is 35.7 Å². The number of halogens is 1. The molecule has 0 aromatic heterocycles. The van der Waals surface area contributed by atoms with E-state index < -0.39 is 0 Å². The molecular formula is C40H59ClN4O3. The van der Waals surface area contributed by atoms with Crippen molar-refractivity contribution in [3.63, 3.8) is 0 Å². The highest BCUT2D eigenvalue weighted by Gasteiger charge is 2.29. The maximum absolute atomic E-state index is 12.7. The number of anilines is 2. The molecule has 0 radical (unpaired) electrons. The van der Waals surface area contributed by atoms with Gasteiger partial charge in [-0.3, -0.25) is 14.5 Å². The third kappa shape index (κ3) is 12.0. The number of benzene rings is 3. The summed E-state index contributed by atoms with van der Waals surface area (Å²) in [4.78, 5) is 32.1. The molecule has 2 saturated heterocycles. The van der Waals surface area contributed by atoms with Crippen molar-refractivity contribution in [2.45, 2.75) is 97.6 Å². The van der Waals surface area contributed by atoms with Gasteiger partial charge >= 0.3 is 0 Å². The number of aryl methyl sites for hydroxylation is 2. The number of nitrogens with zero attached hydrogens (tertiary/aromatic N) is 3. The number of unbranched alkanes of at least 4 members (excludes halogenated alkanes) is 1. The minimum atomic E-state index is 0. The third-order valence-corrected chi connectivity index (χ3v) is 9.53. The molecule has 1 unspecified atom stereocenters. The van der Waals surface area contributed by atoms with Crippen molar-refractivity contribution in [1.29, 1.82) is 0 Å². The fraction of sp³-hybridized carbons (Fsp3) is 0.500. The van der Waals surface area contributed by atoms with Crippen molar-refractivity contribution in [1.82, 2.24) is 9.80 Å². The number of piperidine rings is 2. The Balaban J connectivity index is 0.000000325. The minimum absolute atomic E-state index is 0.